The molecule has 1 aromatic carbocycles. The van der Waals surface area contributed by atoms with Crippen LogP contribution in [-0.4, -0.2) is 39.0 Å². The van der Waals surface area contributed by atoms with Crippen LogP contribution in [-0.2, 0) is 40.9 Å². The molecule has 4 rings (SSSR count). The summed E-state index contributed by atoms with van der Waals surface area (Å²) < 4.78 is 13.3. The topological polar surface area (TPSA) is 95.3 Å². The van der Waals surface area contributed by atoms with Crippen LogP contribution in [0.25, 0.3) is 0 Å². The summed E-state index contributed by atoms with van der Waals surface area (Å²) in [7, 11) is 0. The van der Waals surface area contributed by atoms with Crippen molar-refractivity contribution >= 4 is 40.0 Å². The second-order valence-corrected chi connectivity index (χ2v) is 12.6. The summed E-state index contributed by atoms with van der Waals surface area (Å²) in [5, 5.41) is 12.8. The van der Waals surface area contributed by atoms with Gasteiger partial charge in [-0.2, -0.15) is 0 Å². The number of esters is 1. The predicted octanol–water partition coefficient (Wildman–Crippen LogP) is 6.41. The van der Waals surface area contributed by atoms with Crippen molar-refractivity contribution in [2.24, 2.45) is 0 Å². The maximum absolute atomic E-state index is 13.0. The van der Waals surface area contributed by atoms with Crippen LogP contribution in [0.3, 0.4) is 0 Å². The summed E-state index contributed by atoms with van der Waals surface area (Å²) in [5.41, 5.74) is 2.91. The molecule has 0 aliphatic heterocycles. The Morgan fingerprint density at radius 1 is 1.08 bits per heavy atom. The van der Waals surface area contributed by atoms with Crippen molar-refractivity contribution in [1.29, 1.82) is 0 Å². The van der Waals surface area contributed by atoms with E-state index in [1.807, 2.05) is 23.6 Å². The SMILES string of the molecule is CCOC(=O)c1c(NC(=O)CSc2nnc(COc3ccc(C(C)(C)C)cc3)n2CC)sc2c1CCCCC2. The number of ether oxygens (including phenoxy) is 2. The van der Waals surface area contributed by atoms with Gasteiger partial charge in [0.1, 0.15) is 17.4 Å². The molecule has 0 fully saturated rings. The number of carbonyl (C=O) groups is 2. The number of rotatable bonds is 10. The number of nitrogens with zero attached hydrogens (tertiary/aromatic N) is 3. The van der Waals surface area contributed by atoms with Crippen LogP contribution in [0.15, 0.2) is 29.4 Å². The van der Waals surface area contributed by atoms with E-state index >= 15 is 0 Å². The molecule has 0 spiro atoms. The van der Waals surface area contributed by atoms with E-state index in [1.54, 1.807) is 6.92 Å². The molecule has 1 aliphatic rings. The highest BCUT2D eigenvalue weighted by molar-refractivity contribution is 7.99. The van der Waals surface area contributed by atoms with Crippen LogP contribution >= 0.6 is 23.1 Å². The van der Waals surface area contributed by atoms with Crippen LogP contribution in [0.2, 0.25) is 0 Å². The summed E-state index contributed by atoms with van der Waals surface area (Å²) in [6.45, 7) is 11.6. The Kier molecular flexibility index (Phi) is 9.71. The van der Waals surface area contributed by atoms with E-state index in [2.05, 4.69) is 48.4 Å². The van der Waals surface area contributed by atoms with Gasteiger partial charge in [0.2, 0.25) is 5.91 Å². The van der Waals surface area contributed by atoms with Gasteiger partial charge in [0, 0.05) is 11.4 Å². The highest BCUT2D eigenvalue weighted by Crippen LogP contribution is 2.38. The first-order valence-electron chi connectivity index (χ1n) is 13.6. The number of aromatic nitrogens is 3. The Morgan fingerprint density at radius 3 is 2.51 bits per heavy atom. The van der Waals surface area contributed by atoms with E-state index in [4.69, 9.17) is 9.47 Å². The lowest BCUT2D eigenvalue weighted by Crippen LogP contribution is -2.17. The molecule has 3 aromatic rings. The van der Waals surface area contributed by atoms with Crippen molar-refractivity contribution in [3.63, 3.8) is 0 Å². The molecule has 10 heteroatoms. The molecule has 0 unspecified atom stereocenters. The molecule has 0 atom stereocenters. The Hall–Kier alpha value is -2.85. The van der Waals surface area contributed by atoms with Crippen LogP contribution in [0.5, 0.6) is 5.75 Å². The predicted molar refractivity (Wildman–Crippen MR) is 156 cm³/mol. The monoisotopic (exact) mass is 570 g/mol. The lowest BCUT2D eigenvalue weighted by molar-refractivity contribution is -0.113. The van der Waals surface area contributed by atoms with Crippen LogP contribution < -0.4 is 10.1 Å². The quantitative estimate of drug-likeness (QED) is 0.171. The minimum absolute atomic E-state index is 0.0853. The van der Waals surface area contributed by atoms with Gasteiger partial charge in [0.25, 0.3) is 0 Å². The van der Waals surface area contributed by atoms with Crippen molar-refractivity contribution in [1.82, 2.24) is 14.8 Å². The molecule has 0 saturated carbocycles. The zero-order chi connectivity index (χ0) is 28.0. The number of thioether (sulfide) groups is 1. The first-order chi connectivity index (χ1) is 18.7. The number of amides is 1. The highest BCUT2D eigenvalue weighted by Gasteiger charge is 2.27. The lowest BCUT2D eigenvalue weighted by Gasteiger charge is -2.19. The van der Waals surface area contributed by atoms with Gasteiger partial charge in [0.15, 0.2) is 11.0 Å². The molecule has 2 heterocycles. The normalized spacial score (nSPS) is 13.5. The van der Waals surface area contributed by atoms with E-state index in [0.29, 0.717) is 34.7 Å². The summed E-state index contributed by atoms with van der Waals surface area (Å²) in [4.78, 5) is 26.9. The molecule has 8 nitrogen and oxygen atoms in total. The second-order valence-electron chi connectivity index (χ2n) is 10.5. The fraction of sp³-hybridized carbons (Fsp3) is 0.517. The summed E-state index contributed by atoms with van der Waals surface area (Å²) in [5.74, 6) is 1.08. The number of benzene rings is 1. The van der Waals surface area contributed by atoms with Crippen LogP contribution in [0.4, 0.5) is 5.00 Å². The number of anilines is 1. The Labute approximate surface area is 238 Å². The molecular formula is C29H38N4O4S2. The Balaban J connectivity index is 1.39. The number of nitrogens with one attached hydrogen (secondary N) is 1. The number of thiophene rings is 1. The second kappa shape index (κ2) is 13.0. The number of hydrogen-bond donors (Lipinski definition) is 1. The molecule has 0 saturated heterocycles. The van der Waals surface area contributed by atoms with E-state index in [-0.39, 0.29) is 29.7 Å². The van der Waals surface area contributed by atoms with Crippen molar-refractivity contribution in [2.75, 3.05) is 17.7 Å². The molecular weight excluding hydrogens is 532 g/mol. The number of fused-ring (bicyclic) bond motifs is 1. The average molecular weight is 571 g/mol. The molecule has 1 N–H and O–H groups in total. The Morgan fingerprint density at radius 2 is 1.82 bits per heavy atom. The zero-order valence-corrected chi connectivity index (χ0v) is 25.1. The number of aryl methyl sites for hydroxylation is 1. The summed E-state index contributed by atoms with van der Waals surface area (Å²) in [6.07, 6.45) is 5.06. The molecule has 1 aliphatic carbocycles. The van der Waals surface area contributed by atoms with Gasteiger partial charge >= 0.3 is 5.97 Å². The summed E-state index contributed by atoms with van der Waals surface area (Å²) >= 11 is 2.83. The third kappa shape index (κ3) is 7.22. The van der Waals surface area contributed by atoms with Gasteiger partial charge < -0.3 is 19.4 Å². The molecule has 0 radical (unpaired) electrons. The van der Waals surface area contributed by atoms with Gasteiger partial charge in [-0.15, -0.1) is 21.5 Å². The van der Waals surface area contributed by atoms with Gasteiger partial charge in [-0.3, -0.25) is 4.79 Å². The van der Waals surface area contributed by atoms with Gasteiger partial charge in [-0.25, -0.2) is 4.79 Å². The van der Waals surface area contributed by atoms with Crippen molar-refractivity contribution in [2.45, 2.75) is 90.4 Å². The lowest BCUT2D eigenvalue weighted by atomic mass is 9.87. The van der Waals surface area contributed by atoms with Crippen LogP contribution in [0, 0.1) is 0 Å². The van der Waals surface area contributed by atoms with E-state index < -0.39 is 0 Å². The molecule has 210 valence electrons. The van der Waals surface area contributed by atoms with Gasteiger partial charge in [-0.05, 0) is 68.2 Å². The van der Waals surface area contributed by atoms with E-state index in [1.165, 1.54) is 33.5 Å². The van der Waals surface area contributed by atoms with Crippen molar-refractivity contribution in [3.8, 4) is 5.75 Å². The molecule has 2 aromatic heterocycles. The standard InChI is InChI=1S/C29H38N4O4S2/c1-6-33-23(17-37-20-15-13-19(14-16-20)29(3,4)5)31-32-28(33)38-18-24(34)30-26-25(27(35)36-7-2)21-11-9-8-10-12-22(21)39-26/h13-16H,6-12,17-18H2,1-5H3,(H,30,34). The van der Waals surface area contributed by atoms with Crippen molar-refractivity contribution in [3.05, 3.63) is 51.7 Å². The zero-order valence-electron chi connectivity index (χ0n) is 23.5. The fourth-order valence-electron chi connectivity index (χ4n) is 4.59. The molecule has 0 bridgehead atoms. The minimum atomic E-state index is -0.358. The van der Waals surface area contributed by atoms with Crippen molar-refractivity contribution < 1.29 is 19.1 Å². The third-order valence-electron chi connectivity index (χ3n) is 6.68. The number of hydrogen-bond acceptors (Lipinski definition) is 8. The average Bonchev–Trinajstić information content (AvgIpc) is 3.37. The van der Waals surface area contributed by atoms with E-state index in [0.717, 1.165) is 43.4 Å². The van der Waals surface area contributed by atoms with Gasteiger partial charge in [-0.1, -0.05) is 51.1 Å². The minimum Gasteiger partial charge on any atom is -0.486 e. The largest absolute Gasteiger partial charge is 0.486 e. The van der Waals surface area contributed by atoms with Gasteiger partial charge in [0.05, 0.1) is 17.9 Å². The molecule has 1 amide bonds. The van der Waals surface area contributed by atoms with E-state index in [9.17, 15) is 9.59 Å². The Bertz CT molecular complexity index is 1290. The first kappa shape index (κ1) is 29.1. The maximum atomic E-state index is 13.0. The smallest absolute Gasteiger partial charge is 0.341 e. The molecule has 39 heavy (non-hydrogen) atoms. The highest BCUT2D eigenvalue weighted by atomic mass is 32.2. The maximum Gasteiger partial charge on any atom is 0.341 e. The fourth-order valence-corrected chi connectivity index (χ4v) is 6.71. The number of carbonyl (C=O) groups excluding carboxylic acids is 2. The third-order valence-corrected chi connectivity index (χ3v) is 8.86. The van der Waals surface area contributed by atoms with Crippen LogP contribution in [0.1, 0.15) is 86.1 Å². The summed E-state index contributed by atoms with van der Waals surface area (Å²) in [6, 6.07) is 8.11. The first-order valence-corrected chi connectivity index (χ1v) is 15.4.